The lowest BCUT2D eigenvalue weighted by molar-refractivity contribution is 0.0896. The molecule has 2 nitrogen and oxygen atoms in total. The molecule has 0 radical (unpaired) electrons. The molecule has 0 spiro atoms. The number of carbonyl (C=O) groups excluding carboxylic acids is 1. The van der Waals surface area contributed by atoms with Crippen molar-refractivity contribution in [2.24, 2.45) is 5.92 Å². The maximum Gasteiger partial charge on any atom is 0.167 e. The zero-order valence-corrected chi connectivity index (χ0v) is 14.4. The fraction of sp³-hybridized carbons (Fsp3) is 0.278. The van der Waals surface area contributed by atoms with Crippen LogP contribution in [0.5, 0.6) is 0 Å². The third-order valence-corrected chi connectivity index (χ3v) is 3.66. The van der Waals surface area contributed by atoms with Crippen molar-refractivity contribution >= 4 is 29.8 Å². The van der Waals surface area contributed by atoms with Crippen LogP contribution in [0.15, 0.2) is 54.6 Å². The summed E-state index contributed by atoms with van der Waals surface area (Å²) in [4.78, 5) is 14.8. The van der Waals surface area contributed by atoms with Crippen molar-refractivity contribution in [3.8, 4) is 0 Å². The Hall–Kier alpha value is -1.35. The zero-order chi connectivity index (χ0) is 15.2. The molecule has 2 rings (SSSR count). The number of halogens is 2. The Morgan fingerprint density at radius 1 is 1.05 bits per heavy atom. The Morgan fingerprint density at radius 3 is 2.18 bits per heavy atom. The molecule has 0 amide bonds. The third kappa shape index (κ3) is 5.45. The van der Waals surface area contributed by atoms with E-state index in [1.165, 1.54) is 5.56 Å². The SMILES string of the molecule is CN(C)CC(Cc1ccccc1)C(=O)c1ccc(Cl)cc1.Cl. The molecule has 0 aliphatic rings. The number of carbonyl (C=O) groups is 1. The lowest BCUT2D eigenvalue weighted by Crippen LogP contribution is -2.29. The Balaban J connectivity index is 0.00000242. The summed E-state index contributed by atoms with van der Waals surface area (Å²) in [6.45, 7) is 0.732. The van der Waals surface area contributed by atoms with E-state index < -0.39 is 0 Å². The van der Waals surface area contributed by atoms with E-state index in [1.54, 1.807) is 24.3 Å². The third-order valence-electron chi connectivity index (χ3n) is 3.41. The highest BCUT2D eigenvalue weighted by Crippen LogP contribution is 2.18. The molecule has 0 heterocycles. The number of benzene rings is 2. The van der Waals surface area contributed by atoms with Gasteiger partial charge in [0.2, 0.25) is 0 Å². The van der Waals surface area contributed by atoms with Crippen LogP contribution >= 0.6 is 24.0 Å². The molecule has 0 N–H and O–H groups in total. The van der Waals surface area contributed by atoms with Crippen LogP contribution in [0.4, 0.5) is 0 Å². The van der Waals surface area contributed by atoms with Gasteiger partial charge in [-0.25, -0.2) is 0 Å². The van der Waals surface area contributed by atoms with E-state index in [0.717, 1.165) is 18.5 Å². The fourth-order valence-corrected chi connectivity index (χ4v) is 2.56. The molecule has 0 bridgehead atoms. The van der Waals surface area contributed by atoms with E-state index in [1.807, 2.05) is 32.3 Å². The first kappa shape index (κ1) is 18.7. The highest BCUT2D eigenvalue weighted by Gasteiger charge is 2.21. The second kappa shape index (κ2) is 8.94. The number of ketones is 1. The molecule has 0 aromatic heterocycles. The summed E-state index contributed by atoms with van der Waals surface area (Å²) in [7, 11) is 3.99. The first-order chi connectivity index (χ1) is 10.1. The van der Waals surface area contributed by atoms with Gasteiger partial charge >= 0.3 is 0 Å². The molecular formula is C18H21Cl2NO. The van der Waals surface area contributed by atoms with Crippen LogP contribution in [-0.2, 0) is 6.42 Å². The number of hydrogen-bond acceptors (Lipinski definition) is 2. The second-order valence-electron chi connectivity index (χ2n) is 5.52. The molecule has 0 aliphatic heterocycles. The Bertz CT molecular complexity index is 582. The maximum atomic E-state index is 12.7. The van der Waals surface area contributed by atoms with Gasteiger partial charge in [0.15, 0.2) is 5.78 Å². The molecule has 4 heteroatoms. The quantitative estimate of drug-likeness (QED) is 0.729. The average Bonchev–Trinajstić information content (AvgIpc) is 2.47. The zero-order valence-electron chi connectivity index (χ0n) is 12.8. The predicted octanol–water partition coefficient (Wildman–Crippen LogP) is 4.37. The number of hydrogen-bond donors (Lipinski definition) is 0. The van der Waals surface area contributed by atoms with E-state index >= 15 is 0 Å². The summed E-state index contributed by atoms with van der Waals surface area (Å²) >= 11 is 5.89. The summed E-state index contributed by atoms with van der Waals surface area (Å²) in [5.41, 5.74) is 1.91. The Kier molecular flexibility index (Phi) is 7.60. The predicted molar refractivity (Wildman–Crippen MR) is 95.2 cm³/mol. The van der Waals surface area contributed by atoms with E-state index in [4.69, 9.17) is 11.6 Å². The van der Waals surface area contributed by atoms with Crippen LogP contribution < -0.4 is 0 Å². The molecule has 0 fully saturated rings. The van der Waals surface area contributed by atoms with Gasteiger partial charge in [0.1, 0.15) is 0 Å². The molecule has 22 heavy (non-hydrogen) atoms. The van der Waals surface area contributed by atoms with Crippen LogP contribution in [-0.4, -0.2) is 31.3 Å². The van der Waals surface area contributed by atoms with Crippen molar-refractivity contribution in [3.05, 3.63) is 70.7 Å². The number of Topliss-reactive ketones (excluding diaryl/α,β-unsaturated/α-hetero) is 1. The van der Waals surface area contributed by atoms with Crippen LogP contribution in [0.2, 0.25) is 5.02 Å². The van der Waals surface area contributed by atoms with Crippen molar-refractivity contribution in [1.82, 2.24) is 4.90 Å². The van der Waals surface area contributed by atoms with Crippen molar-refractivity contribution in [2.75, 3.05) is 20.6 Å². The lowest BCUT2D eigenvalue weighted by Gasteiger charge is -2.20. The highest BCUT2D eigenvalue weighted by molar-refractivity contribution is 6.30. The lowest BCUT2D eigenvalue weighted by atomic mass is 9.91. The van der Waals surface area contributed by atoms with Crippen LogP contribution in [0, 0.1) is 5.92 Å². The summed E-state index contributed by atoms with van der Waals surface area (Å²) in [6.07, 6.45) is 0.750. The minimum Gasteiger partial charge on any atom is -0.309 e. The van der Waals surface area contributed by atoms with Crippen LogP contribution in [0.25, 0.3) is 0 Å². The highest BCUT2D eigenvalue weighted by atomic mass is 35.5. The van der Waals surface area contributed by atoms with Crippen molar-refractivity contribution < 1.29 is 4.79 Å². The topological polar surface area (TPSA) is 20.3 Å². The van der Waals surface area contributed by atoms with Gasteiger partial charge in [-0.05, 0) is 50.3 Å². The van der Waals surface area contributed by atoms with E-state index in [2.05, 4.69) is 17.0 Å². The molecular weight excluding hydrogens is 317 g/mol. The van der Waals surface area contributed by atoms with Gasteiger partial charge in [-0.2, -0.15) is 0 Å². The van der Waals surface area contributed by atoms with Gasteiger partial charge < -0.3 is 4.90 Å². The molecule has 118 valence electrons. The van der Waals surface area contributed by atoms with Crippen molar-refractivity contribution in [1.29, 1.82) is 0 Å². The molecule has 0 saturated carbocycles. The van der Waals surface area contributed by atoms with Gasteiger partial charge in [0.05, 0.1) is 0 Å². The van der Waals surface area contributed by atoms with Crippen LogP contribution in [0.1, 0.15) is 15.9 Å². The molecule has 0 saturated heterocycles. The van der Waals surface area contributed by atoms with Crippen molar-refractivity contribution in [2.45, 2.75) is 6.42 Å². The van der Waals surface area contributed by atoms with E-state index in [-0.39, 0.29) is 24.1 Å². The second-order valence-corrected chi connectivity index (χ2v) is 5.96. The normalized spacial score (nSPS) is 11.8. The first-order valence-electron chi connectivity index (χ1n) is 7.04. The van der Waals surface area contributed by atoms with Crippen molar-refractivity contribution in [3.63, 3.8) is 0 Å². The minimum atomic E-state index is -0.0522. The van der Waals surface area contributed by atoms with Gasteiger partial charge in [0.25, 0.3) is 0 Å². The van der Waals surface area contributed by atoms with Gasteiger partial charge in [-0.15, -0.1) is 12.4 Å². The van der Waals surface area contributed by atoms with Gasteiger partial charge in [0, 0.05) is 23.0 Å². The largest absolute Gasteiger partial charge is 0.309 e. The summed E-state index contributed by atoms with van der Waals surface area (Å²) in [5, 5.41) is 0.652. The van der Waals surface area contributed by atoms with E-state index in [0.29, 0.717) is 5.02 Å². The molecule has 1 atom stereocenters. The van der Waals surface area contributed by atoms with Gasteiger partial charge in [-0.1, -0.05) is 41.9 Å². The smallest absolute Gasteiger partial charge is 0.167 e. The Morgan fingerprint density at radius 2 is 1.64 bits per heavy atom. The Labute approximate surface area is 143 Å². The molecule has 2 aromatic carbocycles. The average molecular weight is 338 g/mol. The minimum absolute atomic E-state index is 0. The molecule has 2 aromatic rings. The summed E-state index contributed by atoms with van der Waals surface area (Å²) < 4.78 is 0. The first-order valence-corrected chi connectivity index (χ1v) is 7.42. The standard InChI is InChI=1S/C18H20ClNO.ClH/c1-20(2)13-16(12-14-6-4-3-5-7-14)18(21)15-8-10-17(19)11-9-15;/h3-11,16H,12-13H2,1-2H3;1H. The maximum absolute atomic E-state index is 12.7. The number of rotatable bonds is 6. The fourth-order valence-electron chi connectivity index (χ4n) is 2.43. The summed E-state index contributed by atoms with van der Waals surface area (Å²) in [6, 6.07) is 17.3. The number of nitrogens with zero attached hydrogens (tertiary/aromatic N) is 1. The van der Waals surface area contributed by atoms with Crippen LogP contribution in [0.3, 0.4) is 0 Å². The molecule has 1 unspecified atom stereocenters. The summed E-state index contributed by atoms with van der Waals surface area (Å²) in [5.74, 6) is 0.118. The monoisotopic (exact) mass is 337 g/mol. The molecule has 0 aliphatic carbocycles. The van der Waals surface area contributed by atoms with E-state index in [9.17, 15) is 4.79 Å². The van der Waals surface area contributed by atoms with Gasteiger partial charge in [-0.3, -0.25) is 4.79 Å².